The van der Waals surface area contributed by atoms with Crippen LogP contribution in [-0.4, -0.2) is 338 Å². The van der Waals surface area contributed by atoms with E-state index in [4.69, 9.17) is 56.8 Å². The second-order valence-electron chi connectivity index (χ2n) is 26.8. The van der Waals surface area contributed by atoms with Crippen LogP contribution in [0.15, 0.2) is 12.2 Å². The molecule has 0 aromatic rings. The SMILES string of the molecule is C=C1CC2(CCC3C(C)(C)CCCC3(C)C(=O)OC3OC(CO)C(O)C(OC4OC(CO)C(O)C(O)C4O)C3OC3OC(CO)C(O)C(O)C3O)CCCC1(OC1OC(CO)C(O)C(OC3OC(CO)C(O)C(O)C3O)C1OC1OC(CO)C(O)C(O)C1O)C2. The lowest BCUT2D eigenvalue weighted by atomic mass is 9.54. The Morgan fingerprint density at radius 3 is 1.18 bits per heavy atom. The summed E-state index contributed by atoms with van der Waals surface area (Å²) in [6.07, 6.45) is -51.4. The second-order valence-corrected chi connectivity index (χ2v) is 26.8. The number of rotatable bonds is 21. The number of hydrogen-bond donors (Lipinski definition) is 20. The molecule has 6 aliphatic heterocycles. The van der Waals surface area contributed by atoms with E-state index in [0.29, 0.717) is 56.9 Å². The van der Waals surface area contributed by atoms with Crippen molar-refractivity contribution in [1.82, 2.24) is 0 Å². The van der Waals surface area contributed by atoms with Gasteiger partial charge in [-0.1, -0.05) is 26.8 Å². The van der Waals surface area contributed by atoms with Crippen LogP contribution in [0.25, 0.3) is 0 Å². The molecule has 0 amide bonds. The van der Waals surface area contributed by atoms with Crippen molar-refractivity contribution in [1.29, 1.82) is 0 Å². The van der Waals surface area contributed by atoms with Gasteiger partial charge < -0.3 is 159 Å². The molecule has 0 radical (unpaired) electrons. The quantitative estimate of drug-likeness (QED) is 0.0375. The zero-order chi connectivity index (χ0) is 65.9. The third-order valence-corrected chi connectivity index (χ3v) is 20.6. The molecule has 3 aliphatic carbocycles. The maximum absolute atomic E-state index is 15.4. The number of ether oxygens (including phenoxy) is 12. The first kappa shape index (κ1) is 72.2. The van der Waals surface area contributed by atoms with Crippen LogP contribution in [0, 0.1) is 22.2 Å². The maximum atomic E-state index is 15.4. The fraction of sp³-hybridized carbons (Fsp3) is 0.947. The molecule has 2 bridgehead atoms. The maximum Gasteiger partial charge on any atom is 0.314 e. The van der Waals surface area contributed by atoms with Crippen LogP contribution < -0.4 is 0 Å². The molecule has 33 nitrogen and oxygen atoms in total. The number of aliphatic hydroxyl groups is 20. The minimum atomic E-state index is -2.08. The Bertz CT molecular complexity index is 2360. The molecule has 520 valence electrons. The monoisotopic (exact) mass is 1310 g/mol. The van der Waals surface area contributed by atoms with Crippen LogP contribution in [0.4, 0.5) is 0 Å². The molecule has 34 atom stereocenters. The molecule has 0 aromatic carbocycles. The van der Waals surface area contributed by atoms with E-state index < -0.39 is 258 Å². The molecule has 9 aliphatic rings. The van der Waals surface area contributed by atoms with E-state index in [1.807, 2.05) is 13.8 Å². The molecule has 6 heterocycles. The van der Waals surface area contributed by atoms with E-state index in [-0.39, 0.29) is 12.8 Å². The van der Waals surface area contributed by atoms with Crippen molar-refractivity contribution in [2.24, 2.45) is 22.2 Å². The highest BCUT2D eigenvalue weighted by molar-refractivity contribution is 5.77. The highest BCUT2D eigenvalue weighted by Crippen LogP contribution is 2.63. The third kappa shape index (κ3) is 13.8. The van der Waals surface area contributed by atoms with Gasteiger partial charge in [0.05, 0.1) is 50.7 Å². The number of carbonyl (C=O) groups excluding carboxylic acids is 1. The van der Waals surface area contributed by atoms with E-state index in [0.717, 1.165) is 0 Å². The van der Waals surface area contributed by atoms with E-state index >= 15 is 4.79 Å². The fourth-order valence-electron chi connectivity index (χ4n) is 15.3. The number of carbonyl (C=O) groups is 1. The topological polar surface area (TPSA) is 532 Å². The normalized spacial score (nSPS) is 51.6. The Morgan fingerprint density at radius 1 is 0.433 bits per heavy atom. The minimum Gasteiger partial charge on any atom is -0.432 e. The smallest absolute Gasteiger partial charge is 0.314 e. The van der Waals surface area contributed by atoms with Gasteiger partial charge in [-0.15, -0.1) is 0 Å². The van der Waals surface area contributed by atoms with E-state index in [1.54, 1.807) is 6.92 Å². The van der Waals surface area contributed by atoms with Crippen molar-refractivity contribution < 1.29 is 164 Å². The Hall–Kier alpha value is -2.03. The molecule has 34 unspecified atom stereocenters. The van der Waals surface area contributed by atoms with Gasteiger partial charge in [0.1, 0.15) is 140 Å². The molecular formula is C57H94O33. The lowest BCUT2D eigenvalue weighted by Gasteiger charge is -2.52. The van der Waals surface area contributed by atoms with Crippen LogP contribution in [0.5, 0.6) is 0 Å². The molecule has 9 rings (SSSR count). The van der Waals surface area contributed by atoms with Gasteiger partial charge in [-0.25, -0.2) is 0 Å². The van der Waals surface area contributed by atoms with E-state index in [2.05, 4.69) is 6.58 Å². The van der Waals surface area contributed by atoms with Gasteiger partial charge in [0.15, 0.2) is 37.6 Å². The van der Waals surface area contributed by atoms with Crippen molar-refractivity contribution in [2.75, 3.05) is 39.6 Å². The largest absolute Gasteiger partial charge is 0.432 e. The van der Waals surface area contributed by atoms with Gasteiger partial charge >= 0.3 is 5.97 Å². The predicted octanol–water partition coefficient (Wildman–Crippen LogP) is -8.69. The Balaban J connectivity index is 0.986. The van der Waals surface area contributed by atoms with Gasteiger partial charge in [-0.05, 0) is 87.0 Å². The summed E-state index contributed by atoms with van der Waals surface area (Å²) in [7, 11) is 0. The molecule has 9 fully saturated rings. The van der Waals surface area contributed by atoms with E-state index in [1.165, 1.54) is 0 Å². The first-order chi connectivity index (χ1) is 42.5. The summed E-state index contributed by atoms with van der Waals surface area (Å²) < 4.78 is 72.7. The van der Waals surface area contributed by atoms with Gasteiger partial charge in [0.2, 0.25) is 6.29 Å². The first-order valence-electron chi connectivity index (χ1n) is 30.8. The summed E-state index contributed by atoms with van der Waals surface area (Å²) in [5, 5.41) is 215. The fourth-order valence-corrected chi connectivity index (χ4v) is 15.3. The first-order valence-corrected chi connectivity index (χ1v) is 30.8. The van der Waals surface area contributed by atoms with Crippen LogP contribution in [-0.2, 0) is 61.6 Å². The number of hydrogen-bond acceptors (Lipinski definition) is 33. The number of esters is 1. The van der Waals surface area contributed by atoms with Gasteiger partial charge in [-0.3, -0.25) is 4.79 Å². The molecule has 33 heteroatoms. The van der Waals surface area contributed by atoms with Crippen LogP contribution in [0.2, 0.25) is 0 Å². The summed E-state index contributed by atoms with van der Waals surface area (Å²) >= 11 is 0. The summed E-state index contributed by atoms with van der Waals surface area (Å²) in [6.45, 7) is 4.84. The van der Waals surface area contributed by atoms with Crippen LogP contribution in [0.3, 0.4) is 0 Å². The average Bonchev–Trinajstić information content (AvgIpc) is 1.44. The Morgan fingerprint density at radius 2 is 0.778 bits per heavy atom. The van der Waals surface area contributed by atoms with E-state index in [9.17, 15) is 102 Å². The zero-order valence-electron chi connectivity index (χ0n) is 50.2. The van der Waals surface area contributed by atoms with Crippen molar-refractivity contribution in [3.8, 4) is 0 Å². The zero-order valence-corrected chi connectivity index (χ0v) is 50.2. The standard InChI is InChI=1S/C57H94O33/c1-21-13-56(10-6-11-57(21,20-56)90-52-46(88-50-42(77)38(73)32(67)25(17-61)82-50)44(34(69)27(19-63)84-52)86-48-40(75)36(71)30(65)23(15-59)80-48)12-7-28-54(2,3)8-5-9-55(28,4)53(78)89-51-45(87-49-41(76)37(72)31(66)24(16-60)81-49)43(33(68)26(18-62)83-51)85-47-39(74)35(70)29(64)22(14-58)79-47/h22-52,58-77H,1,5-20H2,2-4H3. The summed E-state index contributed by atoms with van der Waals surface area (Å²) in [4.78, 5) is 15.4. The highest BCUT2D eigenvalue weighted by atomic mass is 16.8. The summed E-state index contributed by atoms with van der Waals surface area (Å²) in [6, 6.07) is 0. The van der Waals surface area contributed by atoms with Crippen molar-refractivity contribution >= 4 is 5.97 Å². The molecule has 90 heavy (non-hydrogen) atoms. The molecule has 20 N–H and O–H groups in total. The van der Waals surface area contributed by atoms with Crippen LogP contribution >= 0.6 is 0 Å². The number of aliphatic hydroxyl groups excluding tert-OH is 20. The lowest BCUT2D eigenvalue weighted by Crippen LogP contribution is -2.68. The average molecular weight is 1310 g/mol. The van der Waals surface area contributed by atoms with Crippen molar-refractivity contribution in [3.05, 3.63) is 12.2 Å². The summed E-state index contributed by atoms with van der Waals surface area (Å²) in [5.74, 6) is -1.38. The number of fused-ring (bicyclic) bond motifs is 2. The minimum absolute atomic E-state index is 0.244. The molecule has 3 saturated carbocycles. The van der Waals surface area contributed by atoms with Gasteiger partial charge in [0.25, 0.3) is 0 Å². The van der Waals surface area contributed by atoms with Crippen LogP contribution in [0.1, 0.15) is 85.0 Å². The predicted molar refractivity (Wildman–Crippen MR) is 291 cm³/mol. The highest BCUT2D eigenvalue weighted by Gasteiger charge is 2.63. The third-order valence-electron chi connectivity index (χ3n) is 20.6. The molecule has 0 aromatic heterocycles. The Labute approximate surface area is 517 Å². The Kier molecular flexibility index (Phi) is 23.3. The summed E-state index contributed by atoms with van der Waals surface area (Å²) in [5.41, 5.74) is -3.28. The van der Waals surface area contributed by atoms with Gasteiger partial charge in [0, 0.05) is 0 Å². The molecule has 6 saturated heterocycles. The van der Waals surface area contributed by atoms with Gasteiger partial charge in [-0.2, -0.15) is 0 Å². The molecular weight excluding hydrogens is 1210 g/mol. The lowest BCUT2D eigenvalue weighted by molar-refractivity contribution is -0.399. The van der Waals surface area contributed by atoms with Crippen molar-refractivity contribution in [3.63, 3.8) is 0 Å². The second kappa shape index (κ2) is 29.0. The van der Waals surface area contributed by atoms with Crippen molar-refractivity contribution in [2.45, 2.75) is 275 Å². The molecule has 0 spiro atoms.